The zero-order chi connectivity index (χ0) is 19.7. The van der Waals surface area contributed by atoms with Crippen LogP contribution in [-0.2, 0) is 6.54 Å². The average Bonchev–Trinajstić information content (AvgIpc) is 2.97. The van der Waals surface area contributed by atoms with Gasteiger partial charge in [0.15, 0.2) is 0 Å². The molecule has 0 fully saturated rings. The monoisotopic (exact) mass is 399 g/mol. The summed E-state index contributed by atoms with van der Waals surface area (Å²) in [5, 5.41) is 7.71. The van der Waals surface area contributed by atoms with Crippen molar-refractivity contribution in [2.24, 2.45) is 0 Å². The van der Waals surface area contributed by atoms with Crippen molar-refractivity contribution in [3.8, 4) is 5.75 Å². The normalized spacial score (nSPS) is 15.6. The molecule has 2 aromatic carbocycles. The summed E-state index contributed by atoms with van der Waals surface area (Å²) >= 11 is 6.46. The van der Waals surface area contributed by atoms with E-state index in [1.807, 2.05) is 24.3 Å². The Labute approximate surface area is 167 Å². The number of nitrogens with one attached hydrogen (secondary N) is 1. The van der Waals surface area contributed by atoms with E-state index in [1.54, 1.807) is 23.7 Å². The van der Waals surface area contributed by atoms with E-state index in [0.717, 1.165) is 16.9 Å². The molecule has 0 saturated heterocycles. The number of ether oxygens (including phenoxy) is 1. The molecule has 144 valence electrons. The summed E-state index contributed by atoms with van der Waals surface area (Å²) in [5.74, 6) is 0.215. The second kappa shape index (κ2) is 7.64. The van der Waals surface area contributed by atoms with Gasteiger partial charge in [-0.1, -0.05) is 41.9 Å². The van der Waals surface area contributed by atoms with E-state index >= 15 is 0 Å². The van der Waals surface area contributed by atoms with E-state index in [4.69, 9.17) is 16.3 Å². The highest BCUT2D eigenvalue weighted by atomic mass is 35.5. The fourth-order valence-corrected chi connectivity index (χ4v) is 3.72. The number of hydrogen-bond donors (Lipinski definition) is 1. The topological polar surface area (TPSA) is 56.2 Å². The summed E-state index contributed by atoms with van der Waals surface area (Å²) in [6, 6.07) is 13.6. The predicted octanol–water partition coefficient (Wildman–Crippen LogP) is 4.29. The molecular weight excluding hydrogens is 381 g/mol. The van der Waals surface area contributed by atoms with E-state index in [-0.39, 0.29) is 22.9 Å². The number of carbonyl (C=O) groups is 1. The first-order chi connectivity index (χ1) is 13.5. The highest BCUT2D eigenvalue weighted by Crippen LogP contribution is 2.32. The Morgan fingerprint density at radius 2 is 2.04 bits per heavy atom. The SMILES string of the molecule is Cc1nn(Cc2ccc(F)cc2)c(Cl)c1C(=O)NC1CCOc2ccccc21. The minimum Gasteiger partial charge on any atom is -0.493 e. The van der Waals surface area contributed by atoms with Gasteiger partial charge in [0.2, 0.25) is 0 Å². The van der Waals surface area contributed by atoms with Crippen LogP contribution in [-0.4, -0.2) is 22.3 Å². The Morgan fingerprint density at radius 3 is 2.82 bits per heavy atom. The number of amides is 1. The van der Waals surface area contributed by atoms with E-state index in [2.05, 4.69) is 10.4 Å². The molecule has 0 radical (unpaired) electrons. The molecular formula is C21H19ClFN3O2. The summed E-state index contributed by atoms with van der Waals surface area (Å²) in [4.78, 5) is 12.9. The third kappa shape index (κ3) is 3.60. The van der Waals surface area contributed by atoms with Crippen molar-refractivity contribution in [1.82, 2.24) is 15.1 Å². The van der Waals surface area contributed by atoms with E-state index in [9.17, 15) is 9.18 Å². The molecule has 4 rings (SSSR count). The molecule has 1 unspecified atom stereocenters. The van der Waals surface area contributed by atoms with Gasteiger partial charge in [0, 0.05) is 12.0 Å². The second-order valence-corrected chi connectivity index (χ2v) is 7.09. The summed E-state index contributed by atoms with van der Waals surface area (Å²) in [6.07, 6.45) is 0.684. The molecule has 28 heavy (non-hydrogen) atoms. The number of aromatic nitrogens is 2. The zero-order valence-corrected chi connectivity index (χ0v) is 16.0. The fraction of sp³-hybridized carbons (Fsp3) is 0.238. The van der Waals surface area contributed by atoms with Crippen molar-refractivity contribution in [2.75, 3.05) is 6.61 Å². The average molecular weight is 400 g/mol. The number of hydrogen-bond acceptors (Lipinski definition) is 3. The van der Waals surface area contributed by atoms with Crippen LogP contribution in [0.2, 0.25) is 5.15 Å². The van der Waals surface area contributed by atoms with Crippen LogP contribution >= 0.6 is 11.6 Å². The maximum atomic E-state index is 13.1. The van der Waals surface area contributed by atoms with E-state index in [0.29, 0.717) is 30.8 Å². The smallest absolute Gasteiger partial charge is 0.256 e. The molecule has 3 aromatic rings. The van der Waals surface area contributed by atoms with Crippen LogP contribution in [0.1, 0.15) is 39.6 Å². The van der Waals surface area contributed by atoms with Crippen LogP contribution < -0.4 is 10.1 Å². The predicted molar refractivity (Wildman–Crippen MR) is 104 cm³/mol. The second-order valence-electron chi connectivity index (χ2n) is 6.74. The van der Waals surface area contributed by atoms with Crippen LogP contribution in [0.4, 0.5) is 4.39 Å². The van der Waals surface area contributed by atoms with Crippen molar-refractivity contribution in [2.45, 2.75) is 25.9 Å². The number of carbonyl (C=O) groups excluding carboxylic acids is 1. The van der Waals surface area contributed by atoms with Gasteiger partial charge in [-0.3, -0.25) is 4.79 Å². The summed E-state index contributed by atoms with van der Waals surface area (Å²) < 4.78 is 20.3. The Hall–Kier alpha value is -2.86. The number of aryl methyl sites for hydroxylation is 1. The van der Waals surface area contributed by atoms with Crippen molar-refractivity contribution in [3.63, 3.8) is 0 Å². The van der Waals surface area contributed by atoms with Crippen LogP contribution in [0.5, 0.6) is 5.75 Å². The number of benzene rings is 2. The van der Waals surface area contributed by atoms with Gasteiger partial charge in [-0.05, 0) is 30.7 Å². The maximum Gasteiger partial charge on any atom is 0.256 e. The Kier molecular flexibility index (Phi) is 5.05. The number of halogens is 2. The highest BCUT2D eigenvalue weighted by Gasteiger charge is 2.26. The van der Waals surface area contributed by atoms with Gasteiger partial charge in [-0.25, -0.2) is 9.07 Å². The first-order valence-corrected chi connectivity index (χ1v) is 9.40. The third-order valence-electron chi connectivity index (χ3n) is 4.80. The highest BCUT2D eigenvalue weighted by molar-refractivity contribution is 6.33. The van der Waals surface area contributed by atoms with Gasteiger partial charge in [-0.2, -0.15) is 5.10 Å². The lowest BCUT2D eigenvalue weighted by Gasteiger charge is -2.26. The van der Waals surface area contributed by atoms with Crippen molar-refractivity contribution in [3.05, 3.63) is 81.9 Å². The van der Waals surface area contributed by atoms with Crippen molar-refractivity contribution >= 4 is 17.5 Å². The summed E-state index contributed by atoms with van der Waals surface area (Å²) in [5.41, 5.74) is 2.70. The molecule has 0 saturated carbocycles. The van der Waals surface area contributed by atoms with E-state index < -0.39 is 0 Å². The number of rotatable bonds is 4. The van der Waals surface area contributed by atoms with Gasteiger partial charge >= 0.3 is 0 Å². The van der Waals surface area contributed by atoms with Gasteiger partial charge < -0.3 is 10.1 Å². The molecule has 7 heteroatoms. The number of fused-ring (bicyclic) bond motifs is 1. The van der Waals surface area contributed by atoms with Crippen LogP contribution in [0, 0.1) is 12.7 Å². The lowest BCUT2D eigenvalue weighted by molar-refractivity contribution is 0.0924. The molecule has 0 bridgehead atoms. The van der Waals surface area contributed by atoms with Crippen molar-refractivity contribution < 1.29 is 13.9 Å². The van der Waals surface area contributed by atoms with Crippen LogP contribution in [0.25, 0.3) is 0 Å². The molecule has 1 N–H and O–H groups in total. The summed E-state index contributed by atoms with van der Waals surface area (Å²) in [7, 11) is 0. The third-order valence-corrected chi connectivity index (χ3v) is 5.19. The van der Waals surface area contributed by atoms with E-state index in [1.165, 1.54) is 12.1 Å². The summed E-state index contributed by atoms with van der Waals surface area (Å²) in [6.45, 7) is 2.64. The van der Waals surface area contributed by atoms with Gasteiger partial charge in [0.05, 0.1) is 30.5 Å². The molecule has 0 spiro atoms. The molecule has 2 heterocycles. The van der Waals surface area contributed by atoms with Crippen LogP contribution in [0.15, 0.2) is 48.5 Å². The molecule has 1 amide bonds. The quantitative estimate of drug-likeness (QED) is 0.712. The molecule has 1 atom stereocenters. The largest absolute Gasteiger partial charge is 0.493 e. The first kappa shape index (κ1) is 18.5. The van der Waals surface area contributed by atoms with Gasteiger partial charge in [0.25, 0.3) is 5.91 Å². The standard InChI is InChI=1S/C21H19ClFN3O2/c1-13-19(20(22)26(25-13)12-14-6-8-15(23)9-7-14)21(27)24-17-10-11-28-18-5-3-2-4-16(17)18/h2-9,17H,10-12H2,1H3,(H,24,27). The van der Waals surface area contributed by atoms with Gasteiger partial charge in [0.1, 0.15) is 16.7 Å². The van der Waals surface area contributed by atoms with Crippen molar-refractivity contribution in [1.29, 1.82) is 0 Å². The first-order valence-electron chi connectivity index (χ1n) is 9.03. The Morgan fingerprint density at radius 1 is 1.29 bits per heavy atom. The zero-order valence-electron chi connectivity index (χ0n) is 15.3. The fourth-order valence-electron chi connectivity index (χ4n) is 3.40. The molecule has 5 nitrogen and oxygen atoms in total. The minimum absolute atomic E-state index is 0.145. The molecule has 0 aliphatic carbocycles. The van der Waals surface area contributed by atoms with Crippen LogP contribution in [0.3, 0.4) is 0 Å². The number of para-hydroxylation sites is 1. The minimum atomic E-state index is -0.302. The Bertz CT molecular complexity index is 1020. The Balaban J connectivity index is 1.55. The number of nitrogens with zero attached hydrogens (tertiary/aromatic N) is 2. The molecule has 1 aliphatic heterocycles. The van der Waals surface area contributed by atoms with Gasteiger partial charge in [-0.15, -0.1) is 0 Å². The molecule has 1 aromatic heterocycles. The maximum absolute atomic E-state index is 13.1. The lowest BCUT2D eigenvalue weighted by Crippen LogP contribution is -2.32. The molecule has 1 aliphatic rings. The lowest BCUT2D eigenvalue weighted by atomic mass is 10.0.